The third-order valence-electron chi connectivity index (χ3n) is 11.6. The monoisotopic (exact) mass is 747 g/mol. The Bertz CT molecular complexity index is 3030. The first kappa shape index (κ1) is 33.5. The van der Waals surface area contributed by atoms with Crippen molar-refractivity contribution in [1.29, 1.82) is 0 Å². The van der Waals surface area contributed by atoms with Gasteiger partial charge in [0, 0.05) is 59.4 Å². The second kappa shape index (κ2) is 13.7. The molecule has 0 saturated heterocycles. The minimum atomic E-state index is 0.287. The lowest BCUT2D eigenvalue weighted by Gasteiger charge is -2.29. The molecule has 0 saturated carbocycles. The molecule has 0 amide bonds. The Balaban J connectivity index is 0.974. The lowest BCUT2D eigenvalue weighted by molar-refractivity contribution is 0.831. The van der Waals surface area contributed by atoms with Crippen LogP contribution in [-0.4, -0.2) is 16.0 Å². The molecule has 57 heavy (non-hydrogen) atoms. The van der Waals surface area contributed by atoms with Gasteiger partial charge in [0.05, 0.1) is 17.4 Å². The molecule has 1 atom stereocenters. The van der Waals surface area contributed by atoms with E-state index >= 15 is 0 Å². The number of allylic oxidation sites excluding steroid dienone is 2. The number of benzene rings is 7. The summed E-state index contributed by atoms with van der Waals surface area (Å²) in [5, 5.41) is 2.62. The van der Waals surface area contributed by atoms with E-state index in [2.05, 4.69) is 176 Å². The summed E-state index contributed by atoms with van der Waals surface area (Å²) < 4.78 is 2.61. The van der Waals surface area contributed by atoms with Crippen molar-refractivity contribution in [1.82, 2.24) is 9.97 Å². The van der Waals surface area contributed by atoms with Crippen molar-refractivity contribution in [3.05, 3.63) is 205 Å². The molecule has 11 rings (SSSR count). The van der Waals surface area contributed by atoms with Crippen molar-refractivity contribution < 1.29 is 0 Å². The largest absolute Gasteiger partial charge is 0.333 e. The zero-order chi connectivity index (χ0) is 37.9. The average Bonchev–Trinajstić information content (AvgIpc) is 3.83. The number of anilines is 2. The van der Waals surface area contributed by atoms with Crippen molar-refractivity contribution >= 4 is 54.0 Å². The van der Waals surface area contributed by atoms with Crippen LogP contribution in [-0.2, 0) is 0 Å². The summed E-state index contributed by atoms with van der Waals surface area (Å²) in [6.07, 6.45) is 5.83. The van der Waals surface area contributed by atoms with E-state index in [9.17, 15) is 0 Å². The number of rotatable bonds is 6. The highest BCUT2D eigenvalue weighted by Crippen LogP contribution is 2.49. The summed E-state index contributed by atoms with van der Waals surface area (Å²) in [5.41, 5.74) is 16.4. The fourth-order valence-corrected chi connectivity index (χ4v) is 9.95. The zero-order valence-electron chi connectivity index (χ0n) is 31.4. The maximum absolute atomic E-state index is 5.17. The van der Waals surface area contributed by atoms with E-state index in [1.54, 1.807) is 0 Å². The lowest BCUT2D eigenvalue weighted by Crippen LogP contribution is -2.27. The average molecular weight is 748 g/mol. The van der Waals surface area contributed by atoms with Crippen LogP contribution in [0.2, 0.25) is 0 Å². The van der Waals surface area contributed by atoms with Crippen LogP contribution in [0.1, 0.15) is 23.1 Å². The summed E-state index contributed by atoms with van der Waals surface area (Å²) in [5.74, 6) is 0.731. The van der Waals surface area contributed by atoms with Gasteiger partial charge in [-0.15, -0.1) is 11.3 Å². The van der Waals surface area contributed by atoms with Crippen LogP contribution < -0.4 is 4.90 Å². The second-order valence-corrected chi connectivity index (χ2v) is 16.0. The molecule has 0 bridgehead atoms. The Labute approximate surface area is 336 Å². The van der Waals surface area contributed by atoms with Crippen molar-refractivity contribution in [2.24, 2.45) is 0 Å². The lowest BCUT2D eigenvalue weighted by atomic mass is 9.88. The molecule has 0 radical (unpaired) electrons. The van der Waals surface area contributed by atoms with Crippen LogP contribution in [0.3, 0.4) is 0 Å². The van der Waals surface area contributed by atoms with Gasteiger partial charge in [-0.1, -0.05) is 146 Å². The van der Waals surface area contributed by atoms with Gasteiger partial charge < -0.3 is 4.90 Å². The smallest absolute Gasteiger partial charge is 0.160 e. The second-order valence-electron chi connectivity index (χ2n) is 14.9. The maximum Gasteiger partial charge on any atom is 0.160 e. The van der Waals surface area contributed by atoms with Crippen LogP contribution in [0.25, 0.3) is 76.3 Å². The highest BCUT2D eigenvalue weighted by Gasteiger charge is 2.35. The Morgan fingerprint density at radius 2 is 1.16 bits per heavy atom. The van der Waals surface area contributed by atoms with Gasteiger partial charge in [0.2, 0.25) is 0 Å². The van der Waals surface area contributed by atoms with E-state index in [-0.39, 0.29) is 6.04 Å². The number of para-hydroxylation sites is 2. The Morgan fingerprint density at radius 3 is 1.91 bits per heavy atom. The van der Waals surface area contributed by atoms with E-state index in [1.807, 2.05) is 35.6 Å². The molecule has 7 aromatic carbocycles. The van der Waals surface area contributed by atoms with Gasteiger partial charge in [-0.05, 0) is 83.7 Å². The molecule has 9 aromatic rings. The number of thiophene rings is 1. The standard InChI is InChI=1S/C53H37N3S/c1-34-51(36-14-5-2-6-15-36)54-53(38-16-7-3-8-17-38)55-52(34)37-26-24-35(25-27-37)42-21-13-23-49-50(42)45-33-40(29-31-48(45)57-49)39-28-30-47-44(32-39)43-20-11-12-22-46(43)56(47)41-18-9-4-10-19-41/h2-29,31-33,47H,30H2,1H3. The Morgan fingerprint density at radius 1 is 0.544 bits per heavy atom. The molecule has 3 heterocycles. The van der Waals surface area contributed by atoms with Crippen molar-refractivity contribution in [3.8, 4) is 45.0 Å². The van der Waals surface area contributed by atoms with E-state index in [0.29, 0.717) is 0 Å². The van der Waals surface area contributed by atoms with E-state index in [1.165, 1.54) is 64.9 Å². The number of hydrogen-bond acceptors (Lipinski definition) is 4. The van der Waals surface area contributed by atoms with Gasteiger partial charge in [0.1, 0.15) is 0 Å². The predicted molar refractivity (Wildman–Crippen MR) is 241 cm³/mol. The molecule has 1 aliphatic carbocycles. The van der Waals surface area contributed by atoms with Crippen LogP contribution in [0, 0.1) is 6.92 Å². The van der Waals surface area contributed by atoms with Crippen molar-refractivity contribution in [3.63, 3.8) is 0 Å². The van der Waals surface area contributed by atoms with Crippen LogP contribution in [0.4, 0.5) is 11.4 Å². The summed E-state index contributed by atoms with van der Waals surface area (Å²) >= 11 is 1.87. The minimum absolute atomic E-state index is 0.287. The highest BCUT2D eigenvalue weighted by atomic mass is 32.1. The molecule has 0 fully saturated rings. The van der Waals surface area contributed by atoms with E-state index < -0.39 is 0 Å². The van der Waals surface area contributed by atoms with Gasteiger partial charge in [-0.3, -0.25) is 0 Å². The zero-order valence-corrected chi connectivity index (χ0v) is 32.2. The summed E-state index contributed by atoms with van der Waals surface area (Å²) in [6.45, 7) is 2.14. The van der Waals surface area contributed by atoms with Gasteiger partial charge in [0.15, 0.2) is 5.82 Å². The van der Waals surface area contributed by atoms with Crippen molar-refractivity contribution in [2.75, 3.05) is 4.90 Å². The molecule has 3 nitrogen and oxygen atoms in total. The topological polar surface area (TPSA) is 29.0 Å². The van der Waals surface area contributed by atoms with Gasteiger partial charge >= 0.3 is 0 Å². The molecule has 2 aromatic heterocycles. The SMILES string of the molecule is Cc1c(-c2ccccc2)nc(-c2ccccc2)nc1-c1ccc(-c2cccc3sc4ccc(C5=CCC6C(=C5)c5ccccc5N6c5ccccc5)cc4c23)cc1. The molecule has 4 heteroatoms. The molecule has 0 spiro atoms. The van der Waals surface area contributed by atoms with E-state index in [0.717, 1.165) is 45.9 Å². The molecule has 2 aliphatic rings. The molecular formula is C53H37N3S. The predicted octanol–water partition coefficient (Wildman–Crippen LogP) is 14.2. The number of nitrogens with zero attached hydrogens (tertiary/aromatic N) is 3. The number of hydrogen-bond donors (Lipinski definition) is 0. The third kappa shape index (κ3) is 5.72. The molecule has 270 valence electrons. The quantitative estimate of drug-likeness (QED) is 0.170. The maximum atomic E-state index is 5.17. The first-order valence-corrected chi connectivity index (χ1v) is 20.4. The number of aromatic nitrogens is 2. The highest BCUT2D eigenvalue weighted by molar-refractivity contribution is 7.26. The summed E-state index contributed by atoms with van der Waals surface area (Å²) in [7, 11) is 0. The van der Waals surface area contributed by atoms with Gasteiger partial charge in [-0.25, -0.2) is 9.97 Å². The minimum Gasteiger partial charge on any atom is -0.333 e. The van der Waals surface area contributed by atoms with Crippen molar-refractivity contribution in [2.45, 2.75) is 19.4 Å². The Kier molecular flexibility index (Phi) is 8.04. The summed E-state index contributed by atoms with van der Waals surface area (Å²) in [6, 6.07) is 63.4. The fraction of sp³-hybridized carbons (Fsp3) is 0.0566. The third-order valence-corrected chi connectivity index (χ3v) is 12.7. The van der Waals surface area contributed by atoms with Gasteiger partial charge in [0.25, 0.3) is 0 Å². The molecule has 0 N–H and O–H groups in total. The normalized spacial score (nSPS) is 14.7. The first-order chi connectivity index (χ1) is 28.2. The fourth-order valence-electron chi connectivity index (χ4n) is 8.84. The molecular weight excluding hydrogens is 711 g/mol. The van der Waals surface area contributed by atoms with Gasteiger partial charge in [-0.2, -0.15) is 0 Å². The van der Waals surface area contributed by atoms with E-state index in [4.69, 9.17) is 9.97 Å². The summed E-state index contributed by atoms with van der Waals surface area (Å²) in [4.78, 5) is 12.8. The number of fused-ring (bicyclic) bond motifs is 6. The van der Waals surface area contributed by atoms with Crippen LogP contribution in [0.15, 0.2) is 188 Å². The van der Waals surface area contributed by atoms with Crippen LogP contribution in [0.5, 0.6) is 0 Å². The molecule has 1 aliphatic heterocycles. The molecule has 1 unspecified atom stereocenters. The van der Waals surface area contributed by atoms with Crippen LogP contribution >= 0.6 is 11.3 Å². The first-order valence-electron chi connectivity index (χ1n) is 19.6. The Hall–Kier alpha value is -6.88.